The number of nitrogens with two attached hydrogens (primary N) is 1. The van der Waals surface area contributed by atoms with E-state index >= 15 is 0 Å². The molecule has 0 aliphatic heterocycles. The monoisotopic (exact) mass is 288 g/mol. The van der Waals surface area contributed by atoms with Crippen LogP contribution in [0.25, 0.3) is 0 Å². The molecule has 1 rings (SSSR count). The van der Waals surface area contributed by atoms with Gasteiger partial charge in [0.1, 0.15) is 4.90 Å². The van der Waals surface area contributed by atoms with Crippen LogP contribution in [0.3, 0.4) is 0 Å². The first-order valence-corrected chi connectivity index (χ1v) is 6.06. The lowest BCUT2D eigenvalue weighted by Gasteiger charge is -2.14. The van der Waals surface area contributed by atoms with E-state index in [0.717, 1.165) is 10.9 Å². The summed E-state index contributed by atoms with van der Waals surface area (Å²) in [4.78, 5) is -0.445. The van der Waals surface area contributed by atoms with E-state index in [0.29, 0.717) is 0 Å². The van der Waals surface area contributed by atoms with Crippen LogP contribution >= 0.6 is 0 Å². The number of aryl methyl sites for hydroxylation is 1. The molecule has 0 spiro atoms. The number of aliphatic hydroxyl groups excluding tert-OH is 1. The maximum absolute atomic E-state index is 12.0. The minimum atomic E-state index is -4.90. The van der Waals surface area contributed by atoms with Crippen molar-refractivity contribution >= 4 is 15.8 Å². The van der Waals surface area contributed by atoms with Crippen LogP contribution in [0.1, 0.15) is 0 Å². The Labute approximate surface area is 100 Å². The molecule has 1 heterocycles. The molecule has 11 heteroatoms. The van der Waals surface area contributed by atoms with Gasteiger partial charge < -0.3 is 10.8 Å². The van der Waals surface area contributed by atoms with E-state index in [1.54, 1.807) is 4.72 Å². The van der Waals surface area contributed by atoms with Crippen molar-refractivity contribution in [3.63, 3.8) is 0 Å². The fourth-order valence-corrected chi connectivity index (χ4v) is 2.21. The average Bonchev–Trinajstić information content (AvgIpc) is 2.53. The Morgan fingerprint density at radius 2 is 2.17 bits per heavy atom. The molecule has 104 valence electrons. The molecule has 1 unspecified atom stereocenters. The van der Waals surface area contributed by atoms with Crippen LogP contribution in [0.4, 0.5) is 19.0 Å². The summed E-state index contributed by atoms with van der Waals surface area (Å²) in [5, 5.41) is 12.2. The Morgan fingerprint density at radius 3 is 2.56 bits per heavy atom. The van der Waals surface area contributed by atoms with Crippen LogP contribution in [-0.4, -0.2) is 42.1 Å². The number of nitrogens with zero attached hydrogens (tertiary/aromatic N) is 2. The zero-order valence-corrected chi connectivity index (χ0v) is 9.96. The number of rotatable bonds is 4. The van der Waals surface area contributed by atoms with Gasteiger partial charge in [0.25, 0.3) is 0 Å². The number of halogens is 3. The first kappa shape index (κ1) is 14.7. The average molecular weight is 288 g/mol. The molecule has 4 N–H and O–H groups in total. The minimum absolute atomic E-state index is 0.341. The molecule has 1 atom stereocenters. The Kier molecular flexibility index (Phi) is 3.88. The molecule has 0 radical (unpaired) electrons. The van der Waals surface area contributed by atoms with Gasteiger partial charge in [-0.1, -0.05) is 0 Å². The molecule has 0 saturated heterocycles. The third-order valence-corrected chi connectivity index (χ3v) is 3.40. The lowest BCUT2D eigenvalue weighted by atomic mass is 10.4. The second-order valence-corrected chi connectivity index (χ2v) is 5.20. The lowest BCUT2D eigenvalue weighted by Crippen LogP contribution is -2.40. The van der Waals surface area contributed by atoms with Gasteiger partial charge in [0, 0.05) is 19.8 Å². The molecule has 0 fully saturated rings. The zero-order valence-electron chi connectivity index (χ0n) is 9.14. The molecule has 0 aromatic carbocycles. The van der Waals surface area contributed by atoms with E-state index in [4.69, 9.17) is 10.8 Å². The Morgan fingerprint density at radius 1 is 1.61 bits per heavy atom. The summed E-state index contributed by atoms with van der Waals surface area (Å²) >= 11 is 0. The summed E-state index contributed by atoms with van der Waals surface area (Å²) < 4.78 is 61.8. The molecule has 0 bridgehead atoms. The van der Waals surface area contributed by atoms with Gasteiger partial charge >= 0.3 is 6.18 Å². The van der Waals surface area contributed by atoms with E-state index in [1.807, 2.05) is 0 Å². The molecule has 18 heavy (non-hydrogen) atoms. The van der Waals surface area contributed by atoms with Crippen molar-refractivity contribution < 1.29 is 26.7 Å². The van der Waals surface area contributed by atoms with Crippen molar-refractivity contribution in [3.8, 4) is 0 Å². The number of hydrogen-bond donors (Lipinski definition) is 3. The van der Waals surface area contributed by atoms with Gasteiger partial charge in [0.05, 0.1) is 0 Å². The Hall–Kier alpha value is -1.33. The molecule has 1 aromatic rings. The number of sulfonamides is 1. The quantitative estimate of drug-likeness (QED) is 0.672. The number of aliphatic hydroxyl groups is 1. The van der Waals surface area contributed by atoms with Crippen molar-refractivity contribution in [3.05, 3.63) is 6.20 Å². The third-order valence-electron chi connectivity index (χ3n) is 1.96. The van der Waals surface area contributed by atoms with Gasteiger partial charge in [-0.2, -0.15) is 18.3 Å². The first-order chi connectivity index (χ1) is 8.04. The summed E-state index contributed by atoms with van der Waals surface area (Å²) in [5.74, 6) is -0.341. The summed E-state index contributed by atoms with van der Waals surface area (Å²) in [5.41, 5.74) is 5.28. The van der Waals surface area contributed by atoms with Gasteiger partial charge in [0.2, 0.25) is 10.0 Å². The highest BCUT2D eigenvalue weighted by molar-refractivity contribution is 7.89. The molecule has 0 amide bonds. The SMILES string of the molecule is Cn1cc(S(=O)(=O)NCC(O)C(F)(F)F)c(N)n1. The highest BCUT2D eigenvalue weighted by atomic mass is 32.2. The van der Waals surface area contributed by atoms with E-state index < -0.39 is 33.7 Å². The van der Waals surface area contributed by atoms with Crippen LogP contribution in [0.2, 0.25) is 0 Å². The maximum atomic E-state index is 12.0. The highest BCUT2D eigenvalue weighted by Crippen LogP contribution is 2.20. The normalized spacial score (nSPS) is 14.7. The van der Waals surface area contributed by atoms with E-state index in [1.165, 1.54) is 7.05 Å². The highest BCUT2D eigenvalue weighted by Gasteiger charge is 2.39. The summed E-state index contributed by atoms with van der Waals surface area (Å²) in [6.07, 6.45) is -6.65. The van der Waals surface area contributed by atoms with E-state index in [9.17, 15) is 21.6 Å². The smallest absolute Gasteiger partial charge is 0.382 e. The molecule has 0 aliphatic carbocycles. The van der Waals surface area contributed by atoms with Crippen molar-refractivity contribution in [1.82, 2.24) is 14.5 Å². The topological polar surface area (TPSA) is 110 Å². The van der Waals surface area contributed by atoms with Gasteiger partial charge in [-0.3, -0.25) is 4.68 Å². The molecule has 1 aromatic heterocycles. The maximum Gasteiger partial charge on any atom is 0.415 e. The van der Waals surface area contributed by atoms with Crippen molar-refractivity contribution in [2.24, 2.45) is 7.05 Å². The number of anilines is 1. The fourth-order valence-electron chi connectivity index (χ4n) is 1.07. The lowest BCUT2D eigenvalue weighted by molar-refractivity contribution is -0.200. The van der Waals surface area contributed by atoms with Gasteiger partial charge in [-0.15, -0.1) is 0 Å². The second kappa shape index (κ2) is 4.74. The summed E-state index contributed by atoms with van der Waals surface area (Å²) in [6.45, 7) is -1.19. The van der Waals surface area contributed by atoms with Gasteiger partial charge in [-0.05, 0) is 0 Å². The van der Waals surface area contributed by atoms with Gasteiger partial charge in [0.15, 0.2) is 11.9 Å². The predicted octanol–water partition coefficient (Wildman–Crippen LogP) is -0.796. The van der Waals surface area contributed by atoms with E-state index in [-0.39, 0.29) is 5.82 Å². The molecule has 0 saturated carbocycles. The zero-order chi connectivity index (χ0) is 14.1. The largest absolute Gasteiger partial charge is 0.415 e. The number of nitrogens with one attached hydrogen (secondary N) is 1. The summed E-state index contributed by atoms with van der Waals surface area (Å²) in [7, 11) is -2.84. The Balaban J connectivity index is 2.81. The standard InChI is InChI=1S/C7H11F3N4O3S/c1-14-3-4(6(11)13-14)18(16,17)12-2-5(15)7(8,9)10/h3,5,12,15H,2H2,1H3,(H2,11,13). The predicted molar refractivity (Wildman–Crippen MR) is 54.9 cm³/mol. The Bertz CT molecular complexity index is 525. The fraction of sp³-hybridized carbons (Fsp3) is 0.571. The molecule has 7 nitrogen and oxygen atoms in total. The number of alkyl halides is 3. The number of hydrogen-bond acceptors (Lipinski definition) is 5. The van der Waals surface area contributed by atoms with E-state index in [2.05, 4.69) is 5.10 Å². The van der Waals surface area contributed by atoms with Crippen molar-refractivity contribution in [2.45, 2.75) is 17.2 Å². The van der Waals surface area contributed by atoms with Crippen molar-refractivity contribution in [2.75, 3.05) is 12.3 Å². The van der Waals surface area contributed by atoms with Crippen LogP contribution in [0, 0.1) is 0 Å². The van der Waals surface area contributed by atoms with Crippen LogP contribution in [0.5, 0.6) is 0 Å². The second-order valence-electron chi connectivity index (χ2n) is 3.46. The third kappa shape index (κ3) is 3.34. The van der Waals surface area contributed by atoms with Crippen molar-refractivity contribution in [1.29, 1.82) is 0 Å². The molecular formula is C7H11F3N4O3S. The van der Waals surface area contributed by atoms with Crippen LogP contribution < -0.4 is 10.5 Å². The molecule has 0 aliphatic rings. The minimum Gasteiger partial charge on any atom is -0.382 e. The number of aromatic nitrogens is 2. The first-order valence-electron chi connectivity index (χ1n) is 4.57. The summed E-state index contributed by atoms with van der Waals surface area (Å²) in [6, 6.07) is 0. The van der Waals surface area contributed by atoms with Crippen LogP contribution in [-0.2, 0) is 17.1 Å². The number of nitrogen functional groups attached to an aromatic ring is 1. The van der Waals surface area contributed by atoms with Gasteiger partial charge in [-0.25, -0.2) is 13.1 Å². The molecular weight excluding hydrogens is 277 g/mol. The van der Waals surface area contributed by atoms with Crippen LogP contribution in [0.15, 0.2) is 11.1 Å².